The molecule has 2 aliphatic heterocycles. The summed E-state index contributed by atoms with van der Waals surface area (Å²) in [6, 6.07) is 10.2. The number of rotatable bonds is 5. The van der Waals surface area contributed by atoms with Crippen LogP contribution in [0, 0.1) is 0 Å². The van der Waals surface area contributed by atoms with E-state index in [-0.39, 0.29) is 19.2 Å². The molecule has 4 rings (SSSR count). The SMILES string of the molecule is CCC1(c2ccc(OC)cc2)NC(=O)N(Cc2cc(Cl)cc3c2OCOC3)C1=O. The van der Waals surface area contributed by atoms with Gasteiger partial charge >= 0.3 is 6.03 Å². The van der Waals surface area contributed by atoms with Gasteiger partial charge in [0.1, 0.15) is 17.0 Å². The highest BCUT2D eigenvalue weighted by Gasteiger charge is 2.51. The summed E-state index contributed by atoms with van der Waals surface area (Å²) in [5.41, 5.74) is 1.05. The Bertz CT molecular complexity index is 962. The molecule has 1 atom stereocenters. The van der Waals surface area contributed by atoms with Crippen LogP contribution in [0.5, 0.6) is 11.5 Å². The van der Waals surface area contributed by atoms with E-state index in [9.17, 15) is 9.59 Å². The summed E-state index contributed by atoms with van der Waals surface area (Å²) in [4.78, 5) is 27.4. The van der Waals surface area contributed by atoms with Gasteiger partial charge in [-0.3, -0.25) is 9.69 Å². The fraction of sp³-hybridized carbons (Fsp3) is 0.333. The molecule has 0 radical (unpaired) electrons. The smallest absolute Gasteiger partial charge is 0.325 e. The number of carbonyl (C=O) groups is 2. The predicted molar refractivity (Wildman–Crippen MR) is 106 cm³/mol. The van der Waals surface area contributed by atoms with E-state index < -0.39 is 11.6 Å². The average Bonchev–Trinajstić information content (AvgIpc) is 2.98. The van der Waals surface area contributed by atoms with Crippen LogP contribution in [0.3, 0.4) is 0 Å². The van der Waals surface area contributed by atoms with E-state index >= 15 is 0 Å². The van der Waals surface area contributed by atoms with Crippen molar-refractivity contribution in [2.24, 2.45) is 0 Å². The van der Waals surface area contributed by atoms with Crippen molar-refractivity contribution in [1.29, 1.82) is 0 Å². The molecule has 3 amide bonds. The number of hydrogen-bond acceptors (Lipinski definition) is 5. The van der Waals surface area contributed by atoms with Crippen molar-refractivity contribution < 1.29 is 23.8 Å². The number of nitrogens with zero attached hydrogens (tertiary/aromatic N) is 1. The molecule has 0 spiro atoms. The highest BCUT2D eigenvalue weighted by Crippen LogP contribution is 2.37. The molecule has 152 valence electrons. The molecule has 2 aromatic rings. The van der Waals surface area contributed by atoms with Crippen LogP contribution in [-0.4, -0.2) is 30.7 Å². The highest BCUT2D eigenvalue weighted by molar-refractivity contribution is 6.30. The largest absolute Gasteiger partial charge is 0.497 e. The lowest BCUT2D eigenvalue weighted by molar-refractivity contribution is -0.132. The lowest BCUT2D eigenvalue weighted by Crippen LogP contribution is -2.43. The Kier molecular flexibility index (Phi) is 5.10. The summed E-state index contributed by atoms with van der Waals surface area (Å²) in [6.07, 6.45) is 0.415. The maximum absolute atomic E-state index is 13.4. The van der Waals surface area contributed by atoms with Gasteiger partial charge in [0.25, 0.3) is 5.91 Å². The molecule has 2 heterocycles. The Labute approximate surface area is 173 Å². The molecule has 1 unspecified atom stereocenters. The Balaban J connectivity index is 1.67. The van der Waals surface area contributed by atoms with Gasteiger partial charge in [-0.25, -0.2) is 4.79 Å². The van der Waals surface area contributed by atoms with Crippen molar-refractivity contribution in [2.45, 2.75) is 32.0 Å². The van der Waals surface area contributed by atoms with Gasteiger partial charge in [0.05, 0.1) is 20.3 Å². The molecular formula is C21H21ClN2O5. The standard InChI is InChI=1S/C21H21ClN2O5/c1-3-21(15-4-6-17(27-2)7-5-15)19(25)24(20(26)23-21)10-13-8-16(22)9-14-11-28-12-29-18(13)14/h4-9H,3,10-12H2,1-2H3,(H,23,26). The number of halogens is 1. The number of fused-ring (bicyclic) bond motifs is 1. The van der Waals surface area contributed by atoms with Crippen LogP contribution in [0.2, 0.25) is 5.02 Å². The van der Waals surface area contributed by atoms with Gasteiger partial charge in [0.15, 0.2) is 6.79 Å². The molecule has 7 nitrogen and oxygen atoms in total. The van der Waals surface area contributed by atoms with Crippen molar-refractivity contribution in [3.8, 4) is 11.5 Å². The molecule has 2 aromatic carbocycles. The molecule has 0 saturated carbocycles. The first-order valence-corrected chi connectivity index (χ1v) is 9.66. The Morgan fingerprint density at radius 2 is 2.00 bits per heavy atom. The van der Waals surface area contributed by atoms with Crippen LogP contribution in [0.1, 0.15) is 30.0 Å². The number of ether oxygens (including phenoxy) is 3. The first-order valence-electron chi connectivity index (χ1n) is 9.29. The molecule has 1 N–H and O–H groups in total. The maximum Gasteiger partial charge on any atom is 0.325 e. The summed E-state index contributed by atoms with van der Waals surface area (Å²) < 4.78 is 16.1. The third-order valence-electron chi connectivity index (χ3n) is 5.37. The number of imide groups is 1. The zero-order valence-electron chi connectivity index (χ0n) is 16.2. The zero-order chi connectivity index (χ0) is 20.6. The Morgan fingerprint density at radius 3 is 2.69 bits per heavy atom. The van der Waals surface area contributed by atoms with E-state index in [4.69, 9.17) is 25.8 Å². The van der Waals surface area contributed by atoms with Crippen molar-refractivity contribution in [1.82, 2.24) is 10.2 Å². The summed E-state index contributed by atoms with van der Waals surface area (Å²) in [5, 5.41) is 3.38. The lowest BCUT2D eigenvalue weighted by atomic mass is 9.87. The quantitative estimate of drug-likeness (QED) is 0.754. The highest BCUT2D eigenvalue weighted by atomic mass is 35.5. The Morgan fingerprint density at radius 1 is 1.24 bits per heavy atom. The Hall–Kier alpha value is -2.77. The number of amides is 3. The second-order valence-electron chi connectivity index (χ2n) is 6.97. The summed E-state index contributed by atoms with van der Waals surface area (Å²) in [7, 11) is 1.58. The van der Waals surface area contributed by atoms with E-state index in [1.807, 2.05) is 6.92 Å². The van der Waals surface area contributed by atoms with Gasteiger partial charge in [-0.05, 0) is 36.2 Å². The van der Waals surface area contributed by atoms with E-state index in [2.05, 4.69) is 5.32 Å². The third-order valence-corrected chi connectivity index (χ3v) is 5.59. The zero-order valence-corrected chi connectivity index (χ0v) is 16.9. The van der Waals surface area contributed by atoms with Gasteiger partial charge < -0.3 is 19.5 Å². The summed E-state index contributed by atoms with van der Waals surface area (Å²) >= 11 is 6.22. The number of urea groups is 1. The van der Waals surface area contributed by atoms with Gasteiger partial charge in [0, 0.05) is 16.1 Å². The van der Waals surface area contributed by atoms with Crippen LogP contribution >= 0.6 is 11.6 Å². The summed E-state index contributed by atoms with van der Waals surface area (Å²) in [6.45, 7) is 2.42. The minimum absolute atomic E-state index is 0.0610. The van der Waals surface area contributed by atoms with Gasteiger partial charge in [-0.1, -0.05) is 30.7 Å². The molecule has 2 aliphatic rings. The topological polar surface area (TPSA) is 77.1 Å². The van der Waals surface area contributed by atoms with Crippen LogP contribution in [0.15, 0.2) is 36.4 Å². The molecule has 0 bridgehead atoms. The van der Waals surface area contributed by atoms with E-state index in [1.165, 1.54) is 4.90 Å². The fourth-order valence-electron chi connectivity index (χ4n) is 3.83. The van der Waals surface area contributed by atoms with Gasteiger partial charge in [0.2, 0.25) is 0 Å². The number of benzene rings is 2. The van der Waals surface area contributed by atoms with Crippen molar-refractivity contribution in [3.63, 3.8) is 0 Å². The second kappa shape index (κ2) is 7.57. The molecule has 1 fully saturated rings. The van der Waals surface area contributed by atoms with Crippen LogP contribution in [-0.2, 0) is 28.2 Å². The summed E-state index contributed by atoms with van der Waals surface area (Å²) in [5.74, 6) is 0.981. The van der Waals surface area contributed by atoms with E-state index in [0.717, 1.165) is 5.56 Å². The number of nitrogens with one attached hydrogen (secondary N) is 1. The molecule has 8 heteroatoms. The van der Waals surface area contributed by atoms with Crippen molar-refractivity contribution >= 4 is 23.5 Å². The number of carbonyl (C=O) groups excluding carboxylic acids is 2. The maximum atomic E-state index is 13.4. The molecular weight excluding hydrogens is 396 g/mol. The first kappa shape index (κ1) is 19.5. The van der Waals surface area contributed by atoms with Gasteiger partial charge in [-0.15, -0.1) is 0 Å². The van der Waals surface area contributed by atoms with Crippen molar-refractivity contribution in [2.75, 3.05) is 13.9 Å². The normalized spacial score (nSPS) is 20.9. The fourth-order valence-corrected chi connectivity index (χ4v) is 4.09. The predicted octanol–water partition coefficient (Wildman–Crippen LogP) is 3.57. The second-order valence-corrected chi connectivity index (χ2v) is 7.41. The molecule has 29 heavy (non-hydrogen) atoms. The van der Waals surface area contributed by atoms with E-state index in [1.54, 1.807) is 43.5 Å². The molecule has 0 aliphatic carbocycles. The van der Waals surface area contributed by atoms with E-state index in [0.29, 0.717) is 40.7 Å². The first-order chi connectivity index (χ1) is 14.0. The van der Waals surface area contributed by atoms with Crippen molar-refractivity contribution in [3.05, 3.63) is 58.1 Å². The molecule has 1 saturated heterocycles. The minimum atomic E-state index is -1.12. The lowest BCUT2D eigenvalue weighted by Gasteiger charge is -2.26. The van der Waals surface area contributed by atoms with Crippen LogP contribution < -0.4 is 14.8 Å². The third kappa shape index (κ3) is 3.30. The minimum Gasteiger partial charge on any atom is -0.497 e. The van der Waals surface area contributed by atoms with Crippen LogP contribution in [0.25, 0.3) is 0 Å². The van der Waals surface area contributed by atoms with Crippen LogP contribution in [0.4, 0.5) is 4.79 Å². The van der Waals surface area contributed by atoms with Gasteiger partial charge in [-0.2, -0.15) is 0 Å². The number of methoxy groups -OCH3 is 1. The molecule has 0 aromatic heterocycles. The average molecular weight is 417 g/mol. The number of hydrogen-bond donors (Lipinski definition) is 1. The monoisotopic (exact) mass is 416 g/mol.